The van der Waals surface area contributed by atoms with Gasteiger partial charge in [-0.25, -0.2) is 0 Å². The van der Waals surface area contributed by atoms with Crippen molar-refractivity contribution in [1.29, 1.82) is 10.5 Å². The minimum Gasteiger partial charge on any atom is -0.340 e. The van der Waals surface area contributed by atoms with Crippen molar-refractivity contribution in [2.45, 2.75) is 13.5 Å². The van der Waals surface area contributed by atoms with Gasteiger partial charge < -0.3 is 9.88 Å². The Balaban J connectivity index is 1.77. The lowest BCUT2D eigenvalue weighted by Gasteiger charge is -2.10. The Bertz CT molecular complexity index is 1540. The second-order valence-corrected chi connectivity index (χ2v) is 8.38. The number of carbonyl (C=O) groups is 1. The third-order valence-corrected chi connectivity index (χ3v) is 6.42. The van der Waals surface area contributed by atoms with Crippen LogP contribution in [-0.2, 0) is 11.3 Å². The van der Waals surface area contributed by atoms with Gasteiger partial charge in [-0.15, -0.1) is 0 Å². The highest BCUT2D eigenvalue weighted by Crippen LogP contribution is 2.31. The number of amides is 1. The van der Waals surface area contributed by atoms with E-state index in [0.29, 0.717) is 22.8 Å². The van der Waals surface area contributed by atoms with E-state index in [0.717, 1.165) is 27.7 Å². The van der Waals surface area contributed by atoms with Crippen LogP contribution in [-0.4, -0.2) is 10.5 Å². The largest absolute Gasteiger partial charge is 0.340 e. The number of fused-ring (bicyclic) bond motifs is 1. The molecule has 1 amide bonds. The van der Waals surface area contributed by atoms with Crippen LogP contribution in [0.3, 0.4) is 0 Å². The van der Waals surface area contributed by atoms with Gasteiger partial charge in [0.25, 0.3) is 5.91 Å². The van der Waals surface area contributed by atoms with Crippen LogP contribution in [0, 0.1) is 29.6 Å². The van der Waals surface area contributed by atoms with E-state index in [-0.39, 0.29) is 10.6 Å². The van der Waals surface area contributed by atoms with E-state index in [1.165, 1.54) is 0 Å². The second-order valence-electron chi connectivity index (χ2n) is 7.60. The van der Waals surface area contributed by atoms with Crippen molar-refractivity contribution in [3.63, 3.8) is 0 Å². The number of benzene rings is 3. The summed E-state index contributed by atoms with van der Waals surface area (Å²) in [5.41, 5.74) is 4.32. The summed E-state index contributed by atoms with van der Waals surface area (Å²) in [6.45, 7) is 2.41. The van der Waals surface area contributed by atoms with Gasteiger partial charge in [-0.3, -0.25) is 4.79 Å². The molecule has 3 aromatic carbocycles. The zero-order valence-electron chi connectivity index (χ0n) is 18.1. The van der Waals surface area contributed by atoms with E-state index in [1.807, 2.05) is 55.5 Å². The number of para-hydroxylation sites is 1. The first-order valence-electron chi connectivity index (χ1n) is 10.4. The van der Waals surface area contributed by atoms with Crippen molar-refractivity contribution < 1.29 is 4.79 Å². The van der Waals surface area contributed by atoms with Gasteiger partial charge in [0, 0.05) is 28.7 Å². The Hall–Kier alpha value is -4.03. The van der Waals surface area contributed by atoms with Gasteiger partial charge in [-0.05, 0) is 42.8 Å². The van der Waals surface area contributed by atoms with Crippen LogP contribution in [0.5, 0.6) is 0 Å². The van der Waals surface area contributed by atoms with Crippen LogP contribution >= 0.6 is 23.2 Å². The predicted molar refractivity (Wildman–Crippen MR) is 136 cm³/mol. The fourth-order valence-electron chi connectivity index (χ4n) is 3.86. The number of anilines is 1. The van der Waals surface area contributed by atoms with Gasteiger partial charge in [0.15, 0.2) is 0 Å². The van der Waals surface area contributed by atoms with E-state index in [1.54, 1.807) is 30.3 Å². The van der Waals surface area contributed by atoms with Gasteiger partial charge in [0.2, 0.25) is 0 Å². The van der Waals surface area contributed by atoms with Crippen LogP contribution in [0.15, 0.2) is 72.3 Å². The molecule has 1 N–H and O–H groups in total. The van der Waals surface area contributed by atoms with Crippen molar-refractivity contribution in [3.8, 4) is 12.1 Å². The highest BCUT2D eigenvalue weighted by molar-refractivity contribution is 6.44. The Kier molecular flexibility index (Phi) is 6.70. The van der Waals surface area contributed by atoms with Crippen LogP contribution in [0.2, 0.25) is 10.0 Å². The van der Waals surface area contributed by atoms with Crippen LogP contribution in [0.4, 0.5) is 5.69 Å². The number of nitrogens with zero attached hydrogens (tertiary/aromatic N) is 3. The molecule has 4 aromatic rings. The van der Waals surface area contributed by atoms with E-state index in [2.05, 4.69) is 16.0 Å². The average Bonchev–Trinajstić information content (AvgIpc) is 3.11. The lowest BCUT2D eigenvalue weighted by atomic mass is 10.1. The topological polar surface area (TPSA) is 81.6 Å². The van der Waals surface area contributed by atoms with Crippen molar-refractivity contribution >= 4 is 51.8 Å². The number of halogens is 2. The first-order valence-corrected chi connectivity index (χ1v) is 11.1. The summed E-state index contributed by atoms with van der Waals surface area (Å²) in [5.74, 6) is -0.585. The molecule has 166 valence electrons. The molecule has 0 unspecified atom stereocenters. The number of nitrogens with one attached hydrogen (secondary N) is 1. The Morgan fingerprint density at radius 3 is 2.53 bits per heavy atom. The van der Waals surface area contributed by atoms with Crippen LogP contribution in [0.25, 0.3) is 17.0 Å². The molecule has 5 nitrogen and oxygen atoms in total. The molecule has 0 radical (unpaired) electrons. The third-order valence-electron chi connectivity index (χ3n) is 5.60. The van der Waals surface area contributed by atoms with Gasteiger partial charge in [-0.1, -0.05) is 65.7 Å². The molecule has 4 rings (SSSR count). The highest BCUT2D eigenvalue weighted by Gasteiger charge is 2.18. The van der Waals surface area contributed by atoms with Crippen molar-refractivity contribution in [1.82, 2.24) is 4.57 Å². The lowest BCUT2D eigenvalue weighted by molar-refractivity contribution is -0.112. The average molecular weight is 485 g/mol. The molecule has 7 heteroatoms. The number of rotatable bonds is 5. The standard InChI is InChI=1S/C27H18Cl2N4O/c1-17-22(13-20(15-31)27(34)32-24-11-6-10-23(28)26(24)29)21-9-4-5-12-25(21)33(17)16-19-8-3-2-7-18(19)14-30/h2-13H,16H2,1H3,(H,32,34). The molecule has 0 spiro atoms. The summed E-state index contributed by atoms with van der Waals surface area (Å²) in [5, 5.41) is 23.3. The molecule has 0 bridgehead atoms. The molecule has 0 aliphatic rings. The number of nitriles is 2. The molecular weight excluding hydrogens is 467 g/mol. The molecule has 34 heavy (non-hydrogen) atoms. The summed E-state index contributed by atoms with van der Waals surface area (Å²) in [4.78, 5) is 12.9. The first kappa shape index (κ1) is 23.1. The van der Waals surface area contributed by atoms with Crippen molar-refractivity contribution in [3.05, 3.63) is 105 Å². The van der Waals surface area contributed by atoms with Gasteiger partial charge in [-0.2, -0.15) is 10.5 Å². The molecular formula is C27H18Cl2N4O. The molecule has 0 aliphatic heterocycles. The normalized spacial score (nSPS) is 11.1. The molecule has 1 heterocycles. The minimum atomic E-state index is -0.585. The Labute approximate surface area is 207 Å². The summed E-state index contributed by atoms with van der Waals surface area (Å²) >= 11 is 12.2. The maximum absolute atomic E-state index is 12.9. The zero-order valence-corrected chi connectivity index (χ0v) is 19.7. The molecule has 0 saturated carbocycles. The van der Waals surface area contributed by atoms with E-state index >= 15 is 0 Å². The van der Waals surface area contributed by atoms with Crippen LogP contribution < -0.4 is 5.32 Å². The Morgan fingerprint density at radius 1 is 1.03 bits per heavy atom. The molecule has 0 aliphatic carbocycles. The lowest BCUT2D eigenvalue weighted by Crippen LogP contribution is -2.14. The van der Waals surface area contributed by atoms with E-state index in [9.17, 15) is 15.3 Å². The second kappa shape index (κ2) is 9.85. The van der Waals surface area contributed by atoms with Crippen LogP contribution in [0.1, 0.15) is 22.4 Å². The molecule has 1 aromatic heterocycles. The fraction of sp³-hybridized carbons (Fsp3) is 0.0741. The van der Waals surface area contributed by atoms with Gasteiger partial charge >= 0.3 is 0 Å². The summed E-state index contributed by atoms with van der Waals surface area (Å²) in [7, 11) is 0. The SMILES string of the molecule is Cc1c(C=C(C#N)C(=O)Nc2cccc(Cl)c2Cl)c2ccccc2n1Cc1ccccc1C#N. The number of hydrogen-bond acceptors (Lipinski definition) is 3. The fourth-order valence-corrected chi connectivity index (χ4v) is 4.21. The number of hydrogen-bond donors (Lipinski definition) is 1. The maximum atomic E-state index is 12.9. The van der Waals surface area contributed by atoms with Crippen molar-refractivity contribution in [2.24, 2.45) is 0 Å². The molecule has 0 saturated heterocycles. The maximum Gasteiger partial charge on any atom is 0.266 e. The quantitative estimate of drug-likeness (QED) is 0.252. The summed E-state index contributed by atoms with van der Waals surface area (Å²) in [6.07, 6.45) is 1.58. The van der Waals surface area contributed by atoms with Gasteiger partial charge in [0.1, 0.15) is 11.6 Å². The number of carbonyl (C=O) groups excluding carboxylic acids is 1. The first-order chi connectivity index (χ1) is 16.4. The summed E-state index contributed by atoms with van der Waals surface area (Å²) in [6, 6.07) is 24.3. The summed E-state index contributed by atoms with van der Waals surface area (Å²) < 4.78 is 2.08. The third kappa shape index (κ3) is 4.40. The predicted octanol–water partition coefficient (Wildman–Crippen LogP) is 6.72. The monoisotopic (exact) mass is 484 g/mol. The van der Waals surface area contributed by atoms with Gasteiger partial charge in [0.05, 0.1) is 27.4 Å². The highest BCUT2D eigenvalue weighted by atomic mass is 35.5. The molecule has 0 atom stereocenters. The Morgan fingerprint density at radius 2 is 1.76 bits per heavy atom. The van der Waals surface area contributed by atoms with Crippen molar-refractivity contribution in [2.75, 3.05) is 5.32 Å². The smallest absolute Gasteiger partial charge is 0.266 e. The molecule has 0 fully saturated rings. The van der Waals surface area contributed by atoms with E-state index < -0.39 is 5.91 Å². The minimum absolute atomic E-state index is 0.0699. The number of aromatic nitrogens is 1. The zero-order chi connectivity index (χ0) is 24.2. The van der Waals surface area contributed by atoms with E-state index in [4.69, 9.17) is 23.2 Å².